The summed E-state index contributed by atoms with van der Waals surface area (Å²) in [7, 11) is 0. The van der Waals surface area contributed by atoms with Crippen LogP contribution in [0.2, 0.25) is 0 Å². The van der Waals surface area contributed by atoms with Crippen LogP contribution in [0.15, 0.2) is 121 Å². The van der Waals surface area contributed by atoms with E-state index < -0.39 is 0 Å². The third-order valence-corrected chi connectivity index (χ3v) is 9.76. The number of nitriles is 1. The Morgan fingerprint density at radius 2 is 1.21 bits per heavy atom. The maximum absolute atomic E-state index is 10.6. The molecule has 3 aromatic heterocycles. The van der Waals surface area contributed by atoms with Gasteiger partial charge in [-0.05, 0) is 42.5 Å². The fourth-order valence-corrected chi connectivity index (χ4v) is 8.07. The molecule has 6 aromatic carbocycles. The minimum absolute atomic E-state index is 0.439. The molecule has 5 heteroatoms. The number of benzene rings is 6. The van der Waals surface area contributed by atoms with E-state index in [4.69, 9.17) is 6.57 Å². The monoisotopic (exact) mass is 564 g/mol. The van der Waals surface area contributed by atoms with Crippen molar-refractivity contribution in [3.8, 4) is 17.4 Å². The van der Waals surface area contributed by atoms with Crippen molar-refractivity contribution in [3.05, 3.63) is 138 Å². The Balaban J connectivity index is 1.39. The van der Waals surface area contributed by atoms with Crippen molar-refractivity contribution in [3.63, 3.8) is 0 Å². The molecule has 0 spiro atoms. The zero-order chi connectivity index (χ0) is 28.7. The van der Waals surface area contributed by atoms with Gasteiger partial charge in [0.25, 0.3) is 0 Å². The molecular formula is C38H20N4S. The number of nitrogens with zero attached hydrogens (tertiary/aromatic N) is 4. The summed E-state index contributed by atoms with van der Waals surface area (Å²) in [6, 6.07) is 44.1. The average Bonchev–Trinajstić information content (AvgIpc) is 3.72. The molecule has 0 amide bonds. The average molecular weight is 565 g/mol. The molecule has 0 aliphatic rings. The SMILES string of the molecule is [C-]#[N+]c1cc(-n2c3ccccc3c3c4sc5ccccc5c4ccc32)cc(C#N)c1-n1c2ccccc2c2ccccc21. The van der Waals surface area contributed by atoms with Gasteiger partial charge >= 0.3 is 0 Å². The molecule has 198 valence electrons. The molecule has 4 nitrogen and oxygen atoms in total. The third-order valence-electron chi connectivity index (χ3n) is 8.56. The summed E-state index contributed by atoms with van der Waals surface area (Å²) in [5, 5.41) is 17.6. The molecule has 0 atom stereocenters. The highest BCUT2D eigenvalue weighted by molar-refractivity contribution is 7.26. The highest BCUT2D eigenvalue weighted by Crippen LogP contribution is 2.44. The quantitative estimate of drug-likeness (QED) is 0.192. The zero-order valence-electron chi connectivity index (χ0n) is 22.7. The fraction of sp³-hybridized carbons (Fsp3) is 0. The first kappa shape index (κ1) is 23.8. The van der Waals surface area contributed by atoms with Gasteiger partial charge in [0.15, 0.2) is 0 Å². The highest BCUT2D eigenvalue weighted by atomic mass is 32.1. The molecule has 9 rings (SSSR count). The molecule has 0 N–H and O–H groups in total. The number of hydrogen-bond donors (Lipinski definition) is 0. The van der Waals surface area contributed by atoms with Crippen LogP contribution >= 0.6 is 11.3 Å². The maximum atomic E-state index is 10.6. The van der Waals surface area contributed by atoms with E-state index in [2.05, 4.69) is 98.9 Å². The highest BCUT2D eigenvalue weighted by Gasteiger charge is 2.22. The summed E-state index contributed by atoms with van der Waals surface area (Å²) in [6.07, 6.45) is 0. The number of hydrogen-bond acceptors (Lipinski definition) is 2. The van der Waals surface area contributed by atoms with Crippen LogP contribution in [0.25, 0.3) is 80.0 Å². The van der Waals surface area contributed by atoms with Gasteiger partial charge in [0.2, 0.25) is 5.69 Å². The minimum atomic E-state index is 0.439. The first-order valence-corrected chi connectivity index (χ1v) is 14.9. The van der Waals surface area contributed by atoms with E-state index in [1.54, 1.807) is 0 Å². The van der Waals surface area contributed by atoms with Crippen molar-refractivity contribution < 1.29 is 0 Å². The summed E-state index contributed by atoms with van der Waals surface area (Å²) < 4.78 is 6.80. The van der Waals surface area contributed by atoms with Crippen LogP contribution in [0.1, 0.15) is 5.56 Å². The Morgan fingerprint density at radius 3 is 1.88 bits per heavy atom. The number of thiophene rings is 1. The topological polar surface area (TPSA) is 38.0 Å². The smallest absolute Gasteiger partial charge is 0.214 e. The Kier molecular flexibility index (Phi) is 4.87. The van der Waals surface area contributed by atoms with Gasteiger partial charge in [-0.15, -0.1) is 11.3 Å². The molecular weight excluding hydrogens is 545 g/mol. The summed E-state index contributed by atoms with van der Waals surface area (Å²) in [4.78, 5) is 4.02. The van der Waals surface area contributed by atoms with Gasteiger partial charge in [-0.1, -0.05) is 78.9 Å². The van der Waals surface area contributed by atoms with E-state index in [-0.39, 0.29) is 0 Å². The predicted molar refractivity (Wildman–Crippen MR) is 179 cm³/mol. The maximum Gasteiger partial charge on any atom is 0.214 e. The molecule has 3 heterocycles. The van der Waals surface area contributed by atoms with Gasteiger partial charge in [0.05, 0.1) is 39.9 Å². The zero-order valence-corrected chi connectivity index (χ0v) is 23.6. The van der Waals surface area contributed by atoms with Crippen molar-refractivity contribution in [1.29, 1.82) is 5.26 Å². The second-order valence-electron chi connectivity index (χ2n) is 10.7. The van der Waals surface area contributed by atoms with Crippen LogP contribution in [0.5, 0.6) is 0 Å². The van der Waals surface area contributed by atoms with Crippen LogP contribution in [-0.4, -0.2) is 9.13 Å². The van der Waals surface area contributed by atoms with Gasteiger partial charge in [0.1, 0.15) is 6.07 Å². The molecule has 0 aliphatic heterocycles. The van der Waals surface area contributed by atoms with Crippen LogP contribution in [0, 0.1) is 17.9 Å². The molecule has 0 unspecified atom stereocenters. The first-order valence-electron chi connectivity index (χ1n) is 14.0. The van der Waals surface area contributed by atoms with Crippen LogP contribution < -0.4 is 0 Å². The largest absolute Gasteiger partial charge is 0.318 e. The van der Waals surface area contributed by atoms with Crippen molar-refractivity contribution in [2.45, 2.75) is 0 Å². The van der Waals surface area contributed by atoms with Gasteiger partial charge in [-0.25, -0.2) is 4.85 Å². The van der Waals surface area contributed by atoms with Gasteiger partial charge in [-0.3, -0.25) is 0 Å². The number of rotatable bonds is 2. The number of aromatic nitrogens is 2. The second-order valence-corrected chi connectivity index (χ2v) is 11.8. The molecule has 43 heavy (non-hydrogen) atoms. The van der Waals surface area contributed by atoms with Gasteiger partial charge < -0.3 is 9.13 Å². The first-order chi connectivity index (χ1) is 21.3. The lowest BCUT2D eigenvalue weighted by atomic mass is 10.1. The molecule has 0 fully saturated rings. The van der Waals surface area contributed by atoms with Gasteiger partial charge in [0, 0.05) is 47.4 Å². The number of para-hydroxylation sites is 3. The molecule has 0 aliphatic carbocycles. The Labute approximate surface area is 250 Å². The van der Waals surface area contributed by atoms with Gasteiger partial charge in [-0.2, -0.15) is 5.26 Å². The van der Waals surface area contributed by atoms with Crippen molar-refractivity contribution in [2.24, 2.45) is 0 Å². The normalized spacial score (nSPS) is 11.7. The molecule has 0 saturated carbocycles. The fourth-order valence-electron chi connectivity index (χ4n) is 6.82. The van der Waals surface area contributed by atoms with E-state index in [1.807, 2.05) is 53.8 Å². The van der Waals surface area contributed by atoms with Crippen LogP contribution in [0.4, 0.5) is 5.69 Å². The molecule has 0 saturated heterocycles. The standard InChI is InChI=1S/C38H20N4S/c1-40-30-21-24(20-23(22-39)37(30)42-31-14-6-2-10-25(31)26-11-3-7-15-32(26)42)41-33-16-8-4-13-29(33)36-34(41)19-18-28-27-12-5-9-17-35(27)43-38(28)36/h2-21H. The lowest BCUT2D eigenvalue weighted by Gasteiger charge is -2.16. The lowest BCUT2D eigenvalue weighted by molar-refractivity contribution is 1.14. The second kappa shape index (κ2) is 8.81. The lowest BCUT2D eigenvalue weighted by Crippen LogP contribution is -2.01. The van der Waals surface area contributed by atoms with Crippen LogP contribution in [0.3, 0.4) is 0 Å². The summed E-state index contributed by atoms with van der Waals surface area (Å²) in [5.74, 6) is 0. The third kappa shape index (κ3) is 3.17. The molecule has 9 aromatic rings. The van der Waals surface area contributed by atoms with E-state index >= 15 is 0 Å². The van der Waals surface area contributed by atoms with Crippen molar-refractivity contribution >= 4 is 80.8 Å². The van der Waals surface area contributed by atoms with E-state index in [0.29, 0.717) is 16.9 Å². The Morgan fingerprint density at radius 1 is 0.605 bits per heavy atom. The predicted octanol–water partition coefficient (Wildman–Crippen LogP) is 10.7. The summed E-state index contributed by atoms with van der Waals surface area (Å²) >= 11 is 1.82. The summed E-state index contributed by atoms with van der Waals surface area (Å²) in [5.41, 5.74) is 6.38. The number of fused-ring (bicyclic) bond motifs is 10. The minimum Gasteiger partial charge on any atom is -0.318 e. The molecule has 0 radical (unpaired) electrons. The van der Waals surface area contributed by atoms with E-state index in [1.165, 1.54) is 25.6 Å². The summed E-state index contributed by atoms with van der Waals surface area (Å²) in [6.45, 7) is 8.29. The molecule has 0 bridgehead atoms. The Hall–Kier alpha value is -5.88. The van der Waals surface area contributed by atoms with Crippen molar-refractivity contribution in [2.75, 3.05) is 0 Å². The van der Waals surface area contributed by atoms with E-state index in [9.17, 15) is 5.26 Å². The Bertz CT molecular complexity index is 2620. The van der Waals surface area contributed by atoms with E-state index in [0.717, 1.165) is 43.9 Å². The van der Waals surface area contributed by atoms with Crippen LogP contribution in [-0.2, 0) is 0 Å². The van der Waals surface area contributed by atoms with Crippen molar-refractivity contribution in [1.82, 2.24) is 9.13 Å².